The summed E-state index contributed by atoms with van der Waals surface area (Å²) in [6, 6.07) is 7.85. The molecule has 0 heterocycles. The first kappa shape index (κ1) is 14.6. The zero-order valence-electron chi connectivity index (χ0n) is 12.4. The lowest BCUT2D eigenvalue weighted by Crippen LogP contribution is -2.44. The Morgan fingerprint density at radius 3 is 1.35 bits per heavy atom. The second-order valence-electron chi connectivity index (χ2n) is 5.95. The summed E-state index contributed by atoms with van der Waals surface area (Å²) in [7, 11) is 0. The molecule has 0 radical (unpaired) electrons. The van der Waals surface area contributed by atoms with E-state index in [4.69, 9.17) is 0 Å². The van der Waals surface area contributed by atoms with Crippen LogP contribution in [0.5, 0.6) is 0 Å². The van der Waals surface area contributed by atoms with Gasteiger partial charge in [-0.25, -0.2) is 0 Å². The Morgan fingerprint density at radius 2 is 1.10 bits per heavy atom. The number of carbonyl (C=O) groups is 2. The third-order valence-corrected chi connectivity index (χ3v) is 3.41. The van der Waals surface area contributed by atoms with Crippen molar-refractivity contribution in [2.75, 3.05) is 0 Å². The Hall–Kier alpha value is -1.84. The van der Waals surface area contributed by atoms with Crippen LogP contribution in [0.1, 0.15) is 50.7 Å². The molecule has 2 N–H and O–H groups in total. The van der Waals surface area contributed by atoms with Gasteiger partial charge in [0.15, 0.2) is 0 Å². The van der Waals surface area contributed by atoms with Crippen LogP contribution in [-0.2, 0) is 9.59 Å². The number of amides is 2. The highest BCUT2D eigenvalue weighted by Crippen LogP contribution is 2.39. The van der Waals surface area contributed by atoms with Gasteiger partial charge in [-0.05, 0) is 38.8 Å². The van der Waals surface area contributed by atoms with Crippen LogP contribution < -0.4 is 10.6 Å². The first-order chi connectivity index (χ1) is 9.40. The monoisotopic (exact) mass is 274 g/mol. The van der Waals surface area contributed by atoms with Gasteiger partial charge < -0.3 is 10.6 Å². The van der Waals surface area contributed by atoms with Crippen LogP contribution in [0.3, 0.4) is 0 Å². The van der Waals surface area contributed by atoms with Gasteiger partial charge in [0.05, 0.1) is 11.8 Å². The van der Waals surface area contributed by atoms with E-state index < -0.39 is 11.8 Å². The van der Waals surface area contributed by atoms with E-state index in [0.29, 0.717) is 0 Å². The first-order valence-corrected chi connectivity index (χ1v) is 7.10. The number of benzene rings is 1. The molecule has 0 aliphatic heterocycles. The Kier molecular flexibility index (Phi) is 4.12. The van der Waals surface area contributed by atoms with Crippen LogP contribution in [0.15, 0.2) is 24.3 Å². The molecule has 4 heteroatoms. The normalized spacial score (nSPS) is 20.3. The van der Waals surface area contributed by atoms with Gasteiger partial charge in [0.25, 0.3) is 0 Å². The Bertz CT molecular complexity index is 459. The van der Waals surface area contributed by atoms with Crippen LogP contribution in [0.4, 0.5) is 0 Å². The quantitative estimate of drug-likeness (QED) is 0.881. The number of fused-ring (bicyclic) bond motifs is 3. The van der Waals surface area contributed by atoms with Crippen molar-refractivity contribution < 1.29 is 9.59 Å². The molecule has 4 nitrogen and oxygen atoms in total. The molecule has 1 aromatic rings. The molecule has 0 saturated heterocycles. The second kappa shape index (κ2) is 5.65. The lowest BCUT2D eigenvalue weighted by atomic mass is 9.75. The molecule has 1 aromatic carbocycles. The van der Waals surface area contributed by atoms with E-state index in [1.54, 1.807) is 0 Å². The summed E-state index contributed by atoms with van der Waals surface area (Å²) in [5.74, 6) is -0.988. The summed E-state index contributed by atoms with van der Waals surface area (Å²) in [6.07, 6.45) is 0. The van der Waals surface area contributed by atoms with Crippen molar-refractivity contribution >= 4 is 11.8 Å². The molecule has 0 aromatic heterocycles. The first-order valence-electron chi connectivity index (χ1n) is 7.10. The minimum absolute atomic E-state index is 0.0651. The largest absolute Gasteiger partial charge is 0.353 e. The van der Waals surface area contributed by atoms with Crippen LogP contribution >= 0.6 is 0 Å². The SMILES string of the molecule is CC(C)NC(=O)C1c2ccc(cc2)C1C(=O)NC(C)C. The number of hydrogen-bond acceptors (Lipinski definition) is 2. The molecule has 2 aliphatic rings. The summed E-state index contributed by atoms with van der Waals surface area (Å²) in [6.45, 7) is 7.69. The average molecular weight is 274 g/mol. The van der Waals surface area contributed by atoms with Gasteiger partial charge in [0.1, 0.15) is 0 Å². The summed E-state index contributed by atoms with van der Waals surface area (Å²) in [4.78, 5) is 24.8. The fourth-order valence-corrected chi connectivity index (χ4v) is 2.65. The molecular formula is C16H22N2O2. The van der Waals surface area contributed by atoms with Gasteiger partial charge in [-0.3, -0.25) is 9.59 Å². The number of rotatable bonds is 4. The van der Waals surface area contributed by atoms with E-state index in [-0.39, 0.29) is 23.9 Å². The molecule has 2 unspecified atom stereocenters. The maximum absolute atomic E-state index is 12.4. The minimum atomic E-state index is -0.416. The summed E-state index contributed by atoms with van der Waals surface area (Å²) >= 11 is 0. The fraction of sp³-hybridized carbons (Fsp3) is 0.500. The van der Waals surface area contributed by atoms with Crippen molar-refractivity contribution in [1.82, 2.24) is 10.6 Å². The van der Waals surface area contributed by atoms with E-state index in [1.807, 2.05) is 52.0 Å². The third kappa shape index (κ3) is 2.84. The highest BCUT2D eigenvalue weighted by molar-refractivity contribution is 5.96. The van der Waals surface area contributed by atoms with E-state index in [0.717, 1.165) is 11.1 Å². The minimum Gasteiger partial charge on any atom is -0.353 e. The van der Waals surface area contributed by atoms with E-state index in [1.165, 1.54) is 0 Å². The van der Waals surface area contributed by atoms with Crippen molar-refractivity contribution in [3.05, 3.63) is 35.4 Å². The summed E-state index contributed by atoms with van der Waals surface area (Å²) in [5.41, 5.74) is 1.81. The molecule has 2 amide bonds. The van der Waals surface area contributed by atoms with Crippen LogP contribution in [0.25, 0.3) is 0 Å². The van der Waals surface area contributed by atoms with E-state index in [2.05, 4.69) is 10.6 Å². The predicted molar refractivity (Wildman–Crippen MR) is 78.5 cm³/mol. The fourth-order valence-electron chi connectivity index (χ4n) is 2.65. The van der Waals surface area contributed by atoms with Crippen LogP contribution in [0.2, 0.25) is 0 Å². The van der Waals surface area contributed by atoms with Crippen molar-refractivity contribution in [3.63, 3.8) is 0 Å². The topological polar surface area (TPSA) is 58.2 Å². The molecule has 108 valence electrons. The van der Waals surface area contributed by atoms with Gasteiger partial charge >= 0.3 is 0 Å². The maximum atomic E-state index is 12.4. The lowest BCUT2D eigenvalue weighted by molar-refractivity contribution is -0.130. The number of hydrogen-bond donors (Lipinski definition) is 2. The van der Waals surface area contributed by atoms with Gasteiger partial charge in [-0.1, -0.05) is 24.3 Å². The van der Waals surface area contributed by atoms with Crippen LogP contribution in [0, 0.1) is 0 Å². The molecule has 0 spiro atoms. The van der Waals surface area contributed by atoms with Crippen molar-refractivity contribution in [2.45, 2.75) is 51.6 Å². The van der Waals surface area contributed by atoms with Gasteiger partial charge in [0, 0.05) is 12.1 Å². The maximum Gasteiger partial charge on any atom is 0.228 e. The Balaban J connectivity index is 2.28. The molecule has 0 saturated carbocycles. The average Bonchev–Trinajstić information content (AvgIpc) is 2.37. The molecule has 20 heavy (non-hydrogen) atoms. The molecule has 2 aliphatic carbocycles. The lowest BCUT2D eigenvalue weighted by Gasteiger charge is -2.32. The van der Waals surface area contributed by atoms with Crippen molar-refractivity contribution in [2.24, 2.45) is 0 Å². The molecule has 2 atom stereocenters. The molecule has 2 bridgehead atoms. The van der Waals surface area contributed by atoms with Gasteiger partial charge in [-0.15, -0.1) is 0 Å². The van der Waals surface area contributed by atoms with E-state index in [9.17, 15) is 9.59 Å². The molecular weight excluding hydrogens is 252 g/mol. The zero-order chi connectivity index (χ0) is 14.9. The molecule has 0 fully saturated rings. The van der Waals surface area contributed by atoms with Gasteiger partial charge in [0.2, 0.25) is 11.8 Å². The third-order valence-electron chi connectivity index (χ3n) is 3.41. The smallest absolute Gasteiger partial charge is 0.228 e. The Labute approximate surface area is 119 Å². The van der Waals surface area contributed by atoms with E-state index >= 15 is 0 Å². The van der Waals surface area contributed by atoms with Gasteiger partial charge in [-0.2, -0.15) is 0 Å². The summed E-state index contributed by atoms with van der Waals surface area (Å²) in [5, 5.41) is 5.83. The van der Waals surface area contributed by atoms with Crippen LogP contribution in [-0.4, -0.2) is 23.9 Å². The highest BCUT2D eigenvalue weighted by Gasteiger charge is 2.39. The zero-order valence-corrected chi connectivity index (χ0v) is 12.4. The van der Waals surface area contributed by atoms with Crippen molar-refractivity contribution in [1.29, 1.82) is 0 Å². The predicted octanol–water partition coefficient (Wildman–Crippen LogP) is 1.92. The number of carbonyl (C=O) groups excluding carboxylic acids is 2. The summed E-state index contributed by atoms with van der Waals surface area (Å²) < 4.78 is 0. The standard InChI is InChI=1S/C16H22N2O2/c1-9(2)17-15(19)13-11-5-7-12(8-6-11)14(13)16(20)18-10(3)4/h5-10,13-14H,1-4H3,(H,17,19)(H,18,20). The number of nitrogens with one attached hydrogen (secondary N) is 2. The van der Waals surface area contributed by atoms with Crippen molar-refractivity contribution in [3.8, 4) is 0 Å². The molecule has 3 rings (SSSR count). The Morgan fingerprint density at radius 1 is 0.800 bits per heavy atom. The second-order valence-corrected chi connectivity index (χ2v) is 5.95. The highest BCUT2D eigenvalue weighted by atomic mass is 16.2.